The first-order chi connectivity index (χ1) is 2.94. The number of rotatable bonds is 1. The minimum Gasteiger partial charge on any atom is -0.235 e. The van der Waals surface area contributed by atoms with Crippen LogP contribution < -0.4 is 0 Å². The fourth-order valence-electron chi connectivity index (χ4n) is 0. The molecule has 0 N–H and O–H groups in total. The lowest BCUT2D eigenvalue weighted by molar-refractivity contribution is 0.698. The van der Waals surface area contributed by atoms with Gasteiger partial charge < -0.3 is 0 Å². The van der Waals surface area contributed by atoms with Gasteiger partial charge in [0.25, 0.3) is 0 Å². The molecule has 0 heterocycles. The lowest BCUT2D eigenvalue weighted by atomic mass is 16.0. The minimum absolute atomic E-state index is 1.37. The van der Waals surface area contributed by atoms with E-state index in [0.29, 0.717) is 0 Å². The summed E-state index contributed by atoms with van der Waals surface area (Å²) in [6.45, 7) is -2.52. The highest BCUT2D eigenvalue weighted by molar-refractivity contribution is 9.16. The van der Waals surface area contributed by atoms with Gasteiger partial charge in [0.15, 0.2) is 0 Å². The van der Waals surface area contributed by atoms with Gasteiger partial charge in [-0.25, -0.2) is 4.21 Å². The van der Waals surface area contributed by atoms with E-state index >= 15 is 0 Å². The monoisotopic (exact) mass is 210 g/mol. The summed E-state index contributed by atoms with van der Waals surface area (Å²) in [5.41, 5.74) is 0. The summed E-state index contributed by atoms with van der Waals surface area (Å²) in [6.07, 6.45) is 0. The van der Waals surface area contributed by atoms with E-state index < -0.39 is 13.6 Å². The van der Waals surface area contributed by atoms with Crippen molar-refractivity contribution in [2.75, 3.05) is 0 Å². The van der Waals surface area contributed by atoms with Crippen LogP contribution in [-0.2, 0) is 47.2 Å². The zero-order valence-electron chi connectivity index (χ0n) is 2.94. The maximum absolute atomic E-state index is 10.4. The first-order valence-corrected chi connectivity index (χ1v) is 8.57. The molecule has 0 aliphatic heterocycles. The second-order valence-electron chi connectivity index (χ2n) is 0.671. The molecular formula is H2OS6. The quantitative estimate of drug-likeness (QED) is 0.459. The van der Waals surface area contributed by atoms with Crippen LogP contribution in [0, 0.1) is 0 Å². The van der Waals surface area contributed by atoms with E-state index in [9.17, 15) is 4.21 Å². The summed E-state index contributed by atoms with van der Waals surface area (Å²) < 4.78 is 10.4. The first-order valence-electron chi connectivity index (χ1n) is 1.06. The number of hydrogen-bond donors (Lipinski definition) is 2. The molecule has 0 spiro atoms. The molecule has 0 aliphatic carbocycles. The average molecular weight is 210 g/mol. The molecule has 7 heavy (non-hydrogen) atoms. The minimum atomic E-state index is -2.52. The molecule has 0 aromatic rings. The lowest BCUT2D eigenvalue weighted by Crippen LogP contribution is -1.81. The van der Waals surface area contributed by atoms with Crippen molar-refractivity contribution >= 4 is 58.8 Å². The van der Waals surface area contributed by atoms with Gasteiger partial charge >= 0.3 is 0 Å². The molecule has 1 atom stereocenters. The van der Waals surface area contributed by atoms with Crippen LogP contribution in [0.3, 0.4) is 0 Å². The van der Waals surface area contributed by atoms with Crippen LogP contribution in [0.25, 0.3) is 0 Å². The molecule has 0 amide bonds. The van der Waals surface area contributed by atoms with E-state index in [4.69, 9.17) is 0 Å². The van der Waals surface area contributed by atoms with Gasteiger partial charge in [-0.15, -0.1) is 0 Å². The van der Waals surface area contributed by atoms with Crippen molar-refractivity contribution in [3.05, 3.63) is 0 Å². The highest BCUT2D eigenvalue weighted by atomic mass is 33.8. The van der Waals surface area contributed by atoms with E-state index in [1.165, 1.54) is 0 Å². The van der Waals surface area contributed by atoms with Gasteiger partial charge in [-0.3, -0.25) is 0 Å². The van der Waals surface area contributed by atoms with Crippen LogP contribution >= 0.6 is 11.7 Å². The molecule has 7 heteroatoms. The predicted molar refractivity (Wildman–Crippen MR) is 48.0 cm³/mol. The van der Waals surface area contributed by atoms with Gasteiger partial charge in [0.1, 0.15) is 6.56 Å². The van der Waals surface area contributed by atoms with Crippen LogP contribution in [0.1, 0.15) is 0 Å². The Labute approximate surface area is 62.6 Å². The Bertz CT molecular complexity index is 192. The van der Waals surface area contributed by atoms with Crippen molar-refractivity contribution in [1.29, 1.82) is 0 Å². The van der Waals surface area contributed by atoms with Gasteiger partial charge in [0, 0.05) is 11.2 Å². The first kappa shape index (κ1) is 8.51. The molecular weight excluding hydrogens is 208 g/mol. The molecule has 0 aromatic carbocycles. The topological polar surface area (TPSA) is 17.1 Å². The zero-order valence-corrected chi connectivity index (χ0v) is 7.99. The van der Waals surface area contributed by atoms with E-state index in [-0.39, 0.29) is 0 Å². The average Bonchev–Trinajstić information content (AvgIpc) is 1.31. The Hall–Kier alpha value is 1.51. The van der Waals surface area contributed by atoms with Crippen LogP contribution in [0.5, 0.6) is 0 Å². The van der Waals surface area contributed by atoms with Crippen LogP contribution in [-0.4, -0.2) is 4.21 Å². The van der Waals surface area contributed by atoms with E-state index in [1.807, 2.05) is 0 Å². The molecule has 0 aromatic heterocycles. The van der Waals surface area contributed by atoms with Crippen molar-refractivity contribution in [3.63, 3.8) is 0 Å². The maximum Gasteiger partial charge on any atom is 0.135 e. The molecule has 44 valence electrons. The van der Waals surface area contributed by atoms with Crippen molar-refractivity contribution in [2.24, 2.45) is 0 Å². The van der Waals surface area contributed by atoms with Gasteiger partial charge in [0.05, 0.1) is 0 Å². The Balaban J connectivity index is 4.82. The summed E-state index contributed by atoms with van der Waals surface area (Å²) in [5, 5.41) is 0. The summed E-state index contributed by atoms with van der Waals surface area (Å²) in [6, 6.07) is 0. The molecule has 1 nitrogen and oxygen atoms in total. The Morgan fingerprint density at radius 3 is 1.71 bits per heavy atom. The Morgan fingerprint density at radius 1 is 1.57 bits per heavy atom. The fraction of sp³-hybridized carbons (Fsp3) is 0. The molecule has 0 rings (SSSR count). The second kappa shape index (κ2) is 2.88. The SMILES string of the molecule is O=S(=S)(S)[SH](=S)=S. The van der Waals surface area contributed by atoms with E-state index in [2.05, 4.69) is 45.2 Å². The Morgan fingerprint density at radius 2 is 1.71 bits per heavy atom. The van der Waals surface area contributed by atoms with E-state index in [1.54, 1.807) is 0 Å². The van der Waals surface area contributed by atoms with Crippen LogP contribution in [0.4, 0.5) is 0 Å². The molecule has 0 fully saturated rings. The van der Waals surface area contributed by atoms with Crippen LogP contribution in [0.2, 0.25) is 0 Å². The van der Waals surface area contributed by atoms with Gasteiger partial charge in [0.2, 0.25) is 0 Å². The van der Waals surface area contributed by atoms with Crippen molar-refractivity contribution in [3.8, 4) is 0 Å². The third-order valence-electron chi connectivity index (χ3n) is 0.188. The van der Waals surface area contributed by atoms with Crippen molar-refractivity contribution in [2.45, 2.75) is 0 Å². The lowest BCUT2D eigenvalue weighted by Gasteiger charge is -1.82. The van der Waals surface area contributed by atoms with E-state index in [0.717, 1.165) is 0 Å². The summed E-state index contributed by atoms with van der Waals surface area (Å²) >= 11 is 16.7. The van der Waals surface area contributed by atoms with Crippen molar-refractivity contribution < 1.29 is 4.21 Å². The Kier molecular flexibility index (Phi) is 3.50. The highest BCUT2D eigenvalue weighted by Crippen LogP contribution is 1.95. The molecule has 0 bridgehead atoms. The third kappa shape index (κ3) is 4.04. The van der Waals surface area contributed by atoms with Gasteiger partial charge in [-0.2, -0.15) is 0 Å². The smallest absolute Gasteiger partial charge is 0.135 e. The molecule has 0 saturated carbocycles. The molecule has 1 unspecified atom stereocenters. The summed E-state index contributed by atoms with van der Waals surface area (Å²) in [5.74, 6) is 0. The summed E-state index contributed by atoms with van der Waals surface area (Å²) in [4.78, 5) is 0. The van der Waals surface area contributed by atoms with Gasteiger partial charge in [-0.05, 0) is 29.4 Å². The molecule has 0 saturated heterocycles. The highest BCUT2D eigenvalue weighted by Gasteiger charge is 1.88. The zero-order chi connectivity index (χ0) is 6.08. The normalized spacial score (nSPS) is 19.1. The standard InChI is InChI=1S/H2OS6/c1-7(4,5)6(2)3/h6H,(H,1,4,5). The molecule has 0 aliphatic rings. The van der Waals surface area contributed by atoms with Gasteiger partial charge in [-0.1, -0.05) is 11.7 Å². The molecule has 0 radical (unpaired) electrons. The van der Waals surface area contributed by atoms with Crippen molar-refractivity contribution in [1.82, 2.24) is 0 Å². The fourth-order valence-corrected chi connectivity index (χ4v) is 0. The summed E-state index contributed by atoms with van der Waals surface area (Å²) in [7, 11) is -1.37. The second-order valence-corrected chi connectivity index (χ2v) is 14.2. The maximum atomic E-state index is 10.4. The number of thiol groups is 2. The predicted octanol–water partition coefficient (Wildman–Crippen LogP) is -0.233. The largest absolute Gasteiger partial charge is 0.235 e. The number of hydrogen-bond acceptors (Lipinski definition) is 4. The van der Waals surface area contributed by atoms with Crippen LogP contribution in [0.15, 0.2) is 0 Å². The third-order valence-corrected chi connectivity index (χ3v) is 12.0.